The molecule has 1 heterocycles. The smallest absolute Gasteiger partial charge is 0.272 e. The SMILES string of the molecule is CCNC(=O)CCNc1ccnc(C(=O)N(CC)CC)c1. The molecule has 0 unspecified atom stereocenters. The van der Waals surface area contributed by atoms with E-state index in [0.29, 0.717) is 38.3 Å². The molecule has 1 aromatic heterocycles. The van der Waals surface area contributed by atoms with Crippen LogP contribution in [0.5, 0.6) is 0 Å². The molecule has 1 aromatic rings. The van der Waals surface area contributed by atoms with Crippen LogP contribution < -0.4 is 10.6 Å². The van der Waals surface area contributed by atoms with E-state index in [4.69, 9.17) is 0 Å². The zero-order valence-electron chi connectivity index (χ0n) is 13.0. The summed E-state index contributed by atoms with van der Waals surface area (Å²) in [6, 6.07) is 3.51. The van der Waals surface area contributed by atoms with Crippen molar-refractivity contribution in [1.82, 2.24) is 15.2 Å². The van der Waals surface area contributed by atoms with Gasteiger partial charge in [0.25, 0.3) is 5.91 Å². The average Bonchev–Trinajstić information content (AvgIpc) is 2.49. The second-order valence-corrected chi connectivity index (χ2v) is 4.54. The zero-order valence-corrected chi connectivity index (χ0v) is 13.0. The van der Waals surface area contributed by atoms with Crippen LogP contribution in [0.4, 0.5) is 5.69 Å². The number of hydrogen-bond acceptors (Lipinski definition) is 4. The molecule has 0 aliphatic heterocycles. The van der Waals surface area contributed by atoms with Crippen LogP contribution in [0.25, 0.3) is 0 Å². The summed E-state index contributed by atoms with van der Waals surface area (Å²) in [6.45, 7) is 8.24. The van der Waals surface area contributed by atoms with Gasteiger partial charge in [0, 0.05) is 44.5 Å². The predicted octanol–water partition coefficient (Wildman–Crippen LogP) is 1.50. The average molecular weight is 292 g/mol. The lowest BCUT2D eigenvalue weighted by Gasteiger charge is -2.18. The first-order valence-electron chi connectivity index (χ1n) is 7.38. The van der Waals surface area contributed by atoms with Crippen LogP contribution in [0.15, 0.2) is 18.3 Å². The number of nitrogens with zero attached hydrogens (tertiary/aromatic N) is 2. The van der Waals surface area contributed by atoms with Crippen LogP contribution in [0.2, 0.25) is 0 Å². The number of anilines is 1. The Bertz CT molecular complexity index is 472. The molecule has 0 saturated heterocycles. The molecular weight excluding hydrogens is 268 g/mol. The Hall–Kier alpha value is -2.11. The highest BCUT2D eigenvalue weighted by Gasteiger charge is 2.14. The minimum atomic E-state index is -0.0765. The first-order valence-corrected chi connectivity index (χ1v) is 7.38. The lowest BCUT2D eigenvalue weighted by molar-refractivity contribution is -0.120. The number of amides is 2. The number of aromatic nitrogens is 1. The third-order valence-electron chi connectivity index (χ3n) is 3.08. The molecule has 6 nitrogen and oxygen atoms in total. The zero-order chi connectivity index (χ0) is 15.7. The largest absolute Gasteiger partial charge is 0.384 e. The summed E-state index contributed by atoms with van der Waals surface area (Å²) in [6.07, 6.45) is 2.00. The molecule has 0 atom stereocenters. The van der Waals surface area contributed by atoms with Gasteiger partial charge in [0.05, 0.1) is 0 Å². The second-order valence-electron chi connectivity index (χ2n) is 4.54. The van der Waals surface area contributed by atoms with Crippen LogP contribution in [-0.2, 0) is 4.79 Å². The van der Waals surface area contributed by atoms with Crippen molar-refractivity contribution in [3.05, 3.63) is 24.0 Å². The first-order chi connectivity index (χ1) is 10.1. The molecular formula is C15H24N4O2. The van der Waals surface area contributed by atoms with Crippen molar-refractivity contribution >= 4 is 17.5 Å². The molecule has 2 amide bonds. The van der Waals surface area contributed by atoms with Crippen LogP contribution in [-0.4, -0.2) is 47.9 Å². The summed E-state index contributed by atoms with van der Waals surface area (Å²) in [5.41, 5.74) is 1.21. The minimum absolute atomic E-state index is 0.0125. The first kappa shape index (κ1) is 16.9. The molecule has 21 heavy (non-hydrogen) atoms. The molecule has 116 valence electrons. The van der Waals surface area contributed by atoms with Crippen LogP contribution in [0.3, 0.4) is 0 Å². The lowest BCUT2D eigenvalue weighted by Crippen LogP contribution is -2.31. The fourth-order valence-electron chi connectivity index (χ4n) is 1.94. The number of carbonyl (C=O) groups is 2. The third-order valence-corrected chi connectivity index (χ3v) is 3.08. The van der Waals surface area contributed by atoms with Gasteiger partial charge in [-0.3, -0.25) is 14.6 Å². The molecule has 0 radical (unpaired) electrons. The molecule has 0 aromatic carbocycles. The van der Waals surface area contributed by atoms with Gasteiger partial charge in [-0.25, -0.2) is 0 Å². The van der Waals surface area contributed by atoms with Gasteiger partial charge in [0.15, 0.2) is 0 Å². The Kier molecular flexibility index (Phi) is 7.21. The lowest BCUT2D eigenvalue weighted by atomic mass is 10.2. The van der Waals surface area contributed by atoms with Gasteiger partial charge in [-0.05, 0) is 32.9 Å². The predicted molar refractivity (Wildman–Crippen MR) is 83.3 cm³/mol. The fourth-order valence-corrected chi connectivity index (χ4v) is 1.94. The summed E-state index contributed by atoms with van der Waals surface area (Å²) in [5.74, 6) is -0.0640. The fraction of sp³-hybridized carbons (Fsp3) is 0.533. The number of carbonyl (C=O) groups excluding carboxylic acids is 2. The maximum Gasteiger partial charge on any atom is 0.272 e. The van der Waals surface area contributed by atoms with E-state index >= 15 is 0 Å². The van der Waals surface area contributed by atoms with Crippen molar-refractivity contribution in [2.24, 2.45) is 0 Å². The van der Waals surface area contributed by atoms with Crippen LogP contribution in [0.1, 0.15) is 37.7 Å². The Morgan fingerprint density at radius 3 is 2.57 bits per heavy atom. The molecule has 2 N–H and O–H groups in total. The number of rotatable bonds is 8. The van der Waals surface area contributed by atoms with E-state index in [1.165, 1.54) is 0 Å². The van der Waals surface area contributed by atoms with Gasteiger partial charge in [-0.2, -0.15) is 0 Å². The molecule has 0 spiro atoms. The molecule has 0 bridgehead atoms. The highest BCUT2D eigenvalue weighted by atomic mass is 16.2. The summed E-state index contributed by atoms with van der Waals surface area (Å²) in [5, 5.41) is 5.87. The van der Waals surface area contributed by atoms with Crippen molar-refractivity contribution in [3.8, 4) is 0 Å². The van der Waals surface area contributed by atoms with Crippen molar-refractivity contribution in [2.75, 3.05) is 31.5 Å². The van der Waals surface area contributed by atoms with Crippen molar-refractivity contribution in [2.45, 2.75) is 27.2 Å². The topological polar surface area (TPSA) is 74.3 Å². The minimum Gasteiger partial charge on any atom is -0.384 e. The molecule has 0 saturated carbocycles. The Morgan fingerprint density at radius 1 is 1.24 bits per heavy atom. The molecule has 6 heteroatoms. The van der Waals surface area contributed by atoms with Gasteiger partial charge >= 0.3 is 0 Å². The highest BCUT2D eigenvalue weighted by molar-refractivity contribution is 5.93. The van der Waals surface area contributed by atoms with E-state index in [1.54, 1.807) is 23.2 Å². The second kappa shape index (κ2) is 8.94. The van der Waals surface area contributed by atoms with Gasteiger partial charge in [-0.15, -0.1) is 0 Å². The molecule has 0 fully saturated rings. The number of pyridine rings is 1. The summed E-state index contributed by atoms with van der Waals surface area (Å²) < 4.78 is 0. The van der Waals surface area contributed by atoms with Crippen molar-refractivity contribution in [3.63, 3.8) is 0 Å². The maximum atomic E-state index is 12.2. The number of hydrogen-bond donors (Lipinski definition) is 2. The van der Waals surface area contributed by atoms with E-state index in [1.807, 2.05) is 20.8 Å². The van der Waals surface area contributed by atoms with E-state index in [2.05, 4.69) is 15.6 Å². The van der Waals surface area contributed by atoms with E-state index in [9.17, 15) is 9.59 Å². The standard InChI is InChI=1S/C15H24N4O2/c1-4-16-14(20)8-10-17-12-7-9-18-13(11-12)15(21)19(5-2)6-3/h7,9,11H,4-6,8,10H2,1-3H3,(H,16,20)(H,17,18). The molecule has 1 rings (SSSR count). The summed E-state index contributed by atoms with van der Waals surface area (Å²) >= 11 is 0. The third kappa shape index (κ3) is 5.41. The van der Waals surface area contributed by atoms with Gasteiger partial charge < -0.3 is 15.5 Å². The molecule has 0 aliphatic carbocycles. The normalized spacial score (nSPS) is 10.0. The van der Waals surface area contributed by atoms with Gasteiger partial charge in [0.2, 0.25) is 5.91 Å². The summed E-state index contributed by atoms with van der Waals surface area (Å²) in [4.78, 5) is 29.4. The van der Waals surface area contributed by atoms with E-state index < -0.39 is 0 Å². The van der Waals surface area contributed by atoms with E-state index in [0.717, 1.165) is 5.69 Å². The molecule has 0 aliphatic rings. The monoisotopic (exact) mass is 292 g/mol. The Balaban J connectivity index is 2.60. The Morgan fingerprint density at radius 2 is 1.95 bits per heavy atom. The van der Waals surface area contributed by atoms with E-state index in [-0.39, 0.29) is 11.8 Å². The quantitative estimate of drug-likeness (QED) is 0.761. The number of nitrogens with one attached hydrogen (secondary N) is 2. The highest BCUT2D eigenvalue weighted by Crippen LogP contribution is 2.10. The maximum absolute atomic E-state index is 12.2. The van der Waals surface area contributed by atoms with Crippen molar-refractivity contribution < 1.29 is 9.59 Å². The van der Waals surface area contributed by atoms with Crippen LogP contribution >= 0.6 is 0 Å². The Labute approximate surface area is 125 Å². The van der Waals surface area contributed by atoms with Crippen LogP contribution in [0, 0.1) is 0 Å². The van der Waals surface area contributed by atoms with Gasteiger partial charge in [0.1, 0.15) is 5.69 Å². The summed E-state index contributed by atoms with van der Waals surface area (Å²) in [7, 11) is 0. The van der Waals surface area contributed by atoms with Gasteiger partial charge in [-0.1, -0.05) is 0 Å². The van der Waals surface area contributed by atoms with Crippen molar-refractivity contribution in [1.29, 1.82) is 0 Å².